The zero-order chi connectivity index (χ0) is 20.8. The number of anilines is 1. The van der Waals surface area contributed by atoms with Gasteiger partial charge in [-0.15, -0.1) is 11.8 Å². The predicted octanol–water partition coefficient (Wildman–Crippen LogP) is 3.31. The molecular formula is C22H26N2O4S. The minimum absolute atomic E-state index is 0.00941. The molecule has 1 unspecified atom stereocenters. The first-order valence-corrected chi connectivity index (χ1v) is 10.4. The lowest BCUT2D eigenvalue weighted by atomic mass is 10.1. The summed E-state index contributed by atoms with van der Waals surface area (Å²) in [5.41, 5.74) is 1.67. The number of benzene rings is 2. The van der Waals surface area contributed by atoms with Crippen molar-refractivity contribution in [3.05, 3.63) is 54.1 Å². The van der Waals surface area contributed by atoms with E-state index in [-0.39, 0.29) is 17.1 Å². The van der Waals surface area contributed by atoms with Gasteiger partial charge in [-0.05, 0) is 31.2 Å². The number of para-hydroxylation sites is 2. The van der Waals surface area contributed by atoms with Crippen molar-refractivity contribution < 1.29 is 19.1 Å². The van der Waals surface area contributed by atoms with Crippen molar-refractivity contribution >= 4 is 29.3 Å². The van der Waals surface area contributed by atoms with E-state index in [1.165, 1.54) is 18.9 Å². The topological polar surface area (TPSA) is 59.1 Å². The largest absolute Gasteiger partial charge is 0.495 e. The number of methoxy groups -OCH3 is 2. The van der Waals surface area contributed by atoms with Gasteiger partial charge in [0.05, 0.1) is 25.5 Å². The van der Waals surface area contributed by atoms with Gasteiger partial charge in [0.15, 0.2) is 0 Å². The predicted molar refractivity (Wildman–Crippen MR) is 115 cm³/mol. The number of hydrogen-bond donors (Lipinski definition) is 0. The molecule has 2 aromatic carbocycles. The summed E-state index contributed by atoms with van der Waals surface area (Å²) in [6.45, 7) is 4.51. The molecule has 0 N–H and O–H groups in total. The molecule has 1 saturated heterocycles. The average molecular weight is 415 g/mol. The molecule has 1 heterocycles. The highest BCUT2D eigenvalue weighted by molar-refractivity contribution is 8.00. The number of thioether (sulfide) groups is 1. The monoisotopic (exact) mass is 414 g/mol. The highest BCUT2D eigenvalue weighted by Crippen LogP contribution is 2.30. The third-order valence-electron chi connectivity index (χ3n) is 4.95. The van der Waals surface area contributed by atoms with Crippen molar-refractivity contribution in [3.8, 4) is 5.75 Å². The number of carbonyl (C=O) groups excluding carboxylic acids is 2. The van der Waals surface area contributed by atoms with E-state index in [4.69, 9.17) is 9.47 Å². The van der Waals surface area contributed by atoms with Crippen molar-refractivity contribution in [2.24, 2.45) is 0 Å². The fourth-order valence-corrected chi connectivity index (χ4v) is 4.38. The van der Waals surface area contributed by atoms with Gasteiger partial charge in [0.2, 0.25) is 0 Å². The van der Waals surface area contributed by atoms with Crippen LogP contribution in [0.4, 0.5) is 5.69 Å². The summed E-state index contributed by atoms with van der Waals surface area (Å²) in [4.78, 5) is 29.8. The van der Waals surface area contributed by atoms with Gasteiger partial charge in [0, 0.05) is 31.1 Å². The summed E-state index contributed by atoms with van der Waals surface area (Å²) < 4.78 is 10.3. The number of piperazine rings is 1. The molecule has 0 aromatic heterocycles. The number of carbonyl (C=O) groups is 2. The molecule has 29 heavy (non-hydrogen) atoms. The lowest BCUT2D eigenvalue weighted by Crippen LogP contribution is -2.49. The van der Waals surface area contributed by atoms with E-state index in [1.54, 1.807) is 14.0 Å². The molecule has 1 atom stereocenters. The molecular weight excluding hydrogens is 388 g/mol. The Morgan fingerprint density at radius 3 is 2.31 bits per heavy atom. The molecule has 7 heteroatoms. The summed E-state index contributed by atoms with van der Waals surface area (Å²) in [6, 6.07) is 15.4. The van der Waals surface area contributed by atoms with Crippen LogP contribution < -0.4 is 9.64 Å². The Balaban J connectivity index is 1.69. The first kappa shape index (κ1) is 21.0. The van der Waals surface area contributed by atoms with Crippen LogP contribution in [0.25, 0.3) is 0 Å². The molecule has 0 aliphatic carbocycles. The van der Waals surface area contributed by atoms with Crippen LogP contribution in [-0.2, 0) is 9.53 Å². The van der Waals surface area contributed by atoms with Gasteiger partial charge in [-0.25, -0.2) is 0 Å². The summed E-state index contributed by atoms with van der Waals surface area (Å²) in [5, 5.41) is -0.378. The van der Waals surface area contributed by atoms with Gasteiger partial charge in [-0.2, -0.15) is 0 Å². The zero-order valence-electron chi connectivity index (χ0n) is 17.0. The van der Waals surface area contributed by atoms with Crippen LogP contribution in [-0.4, -0.2) is 62.4 Å². The van der Waals surface area contributed by atoms with Crippen molar-refractivity contribution in [1.82, 2.24) is 4.90 Å². The van der Waals surface area contributed by atoms with Gasteiger partial charge in [-0.1, -0.05) is 24.3 Å². The SMILES string of the molecule is COC(=O)C(C)Sc1ccccc1C(=O)N1CCN(c2ccccc2OC)CC1. The van der Waals surface area contributed by atoms with E-state index in [1.807, 2.05) is 53.4 Å². The third kappa shape index (κ3) is 4.85. The standard InChI is InChI=1S/C22H26N2O4S/c1-16(22(26)28-3)29-20-11-7-4-8-17(20)21(25)24-14-12-23(13-15-24)18-9-5-6-10-19(18)27-2/h4-11,16H,12-15H2,1-3H3. The molecule has 1 fully saturated rings. The van der Waals surface area contributed by atoms with Crippen LogP contribution in [0.15, 0.2) is 53.4 Å². The van der Waals surface area contributed by atoms with Gasteiger partial charge in [0.25, 0.3) is 5.91 Å². The fourth-order valence-electron chi connectivity index (χ4n) is 3.36. The van der Waals surface area contributed by atoms with E-state index in [9.17, 15) is 9.59 Å². The second-order valence-electron chi connectivity index (χ2n) is 6.73. The summed E-state index contributed by atoms with van der Waals surface area (Å²) >= 11 is 1.35. The van der Waals surface area contributed by atoms with Crippen LogP contribution in [0, 0.1) is 0 Å². The van der Waals surface area contributed by atoms with Gasteiger partial charge in [0.1, 0.15) is 11.0 Å². The second kappa shape index (κ2) is 9.69. The zero-order valence-corrected chi connectivity index (χ0v) is 17.8. The number of amides is 1. The number of hydrogen-bond acceptors (Lipinski definition) is 6. The highest BCUT2D eigenvalue weighted by Gasteiger charge is 2.26. The normalized spacial score (nSPS) is 15.0. The smallest absolute Gasteiger partial charge is 0.318 e. The Morgan fingerprint density at radius 2 is 1.62 bits per heavy atom. The molecule has 2 aromatic rings. The lowest BCUT2D eigenvalue weighted by molar-refractivity contribution is -0.139. The molecule has 1 aliphatic rings. The number of ether oxygens (including phenoxy) is 2. The van der Waals surface area contributed by atoms with Gasteiger partial charge < -0.3 is 19.3 Å². The summed E-state index contributed by atoms with van der Waals surface area (Å²) in [6.07, 6.45) is 0. The van der Waals surface area contributed by atoms with E-state index in [0.29, 0.717) is 18.7 Å². The Morgan fingerprint density at radius 1 is 0.966 bits per heavy atom. The minimum atomic E-state index is -0.378. The van der Waals surface area contributed by atoms with Crippen LogP contribution in [0.3, 0.4) is 0 Å². The minimum Gasteiger partial charge on any atom is -0.495 e. The highest BCUT2D eigenvalue weighted by atomic mass is 32.2. The van der Waals surface area contributed by atoms with E-state index in [2.05, 4.69) is 4.90 Å². The van der Waals surface area contributed by atoms with Gasteiger partial charge >= 0.3 is 5.97 Å². The quantitative estimate of drug-likeness (QED) is 0.534. The first-order chi connectivity index (χ1) is 14.0. The molecule has 1 aliphatic heterocycles. The molecule has 1 amide bonds. The number of nitrogens with zero attached hydrogens (tertiary/aromatic N) is 2. The first-order valence-electron chi connectivity index (χ1n) is 9.56. The molecule has 0 radical (unpaired) electrons. The molecule has 0 bridgehead atoms. The van der Waals surface area contributed by atoms with Crippen LogP contribution in [0.5, 0.6) is 5.75 Å². The van der Waals surface area contributed by atoms with Crippen molar-refractivity contribution in [1.29, 1.82) is 0 Å². The second-order valence-corrected chi connectivity index (χ2v) is 8.11. The van der Waals surface area contributed by atoms with Crippen molar-refractivity contribution in [2.45, 2.75) is 17.1 Å². The van der Waals surface area contributed by atoms with E-state index in [0.717, 1.165) is 29.4 Å². The van der Waals surface area contributed by atoms with E-state index >= 15 is 0 Å². The number of rotatable bonds is 6. The van der Waals surface area contributed by atoms with Crippen LogP contribution in [0.2, 0.25) is 0 Å². The average Bonchev–Trinajstić information content (AvgIpc) is 2.78. The van der Waals surface area contributed by atoms with Crippen molar-refractivity contribution in [3.63, 3.8) is 0 Å². The maximum Gasteiger partial charge on any atom is 0.318 e. The molecule has 0 spiro atoms. The van der Waals surface area contributed by atoms with Crippen LogP contribution in [0.1, 0.15) is 17.3 Å². The molecule has 6 nitrogen and oxygen atoms in total. The Kier molecular flexibility index (Phi) is 7.04. The van der Waals surface area contributed by atoms with Crippen LogP contribution >= 0.6 is 11.8 Å². The Bertz CT molecular complexity index is 865. The fraction of sp³-hybridized carbons (Fsp3) is 0.364. The van der Waals surface area contributed by atoms with Crippen molar-refractivity contribution in [2.75, 3.05) is 45.3 Å². The maximum atomic E-state index is 13.2. The van der Waals surface area contributed by atoms with Gasteiger partial charge in [-0.3, -0.25) is 9.59 Å². The Labute approximate surface area is 175 Å². The number of esters is 1. The third-order valence-corrected chi connectivity index (χ3v) is 6.10. The summed E-state index contributed by atoms with van der Waals surface area (Å²) in [7, 11) is 3.04. The van der Waals surface area contributed by atoms with E-state index < -0.39 is 0 Å². The Hall–Kier alpha value is -2.67. The maximum absolute atomic E-state index is 13.2. The molecule has 0 saturated carbocycles. The molecule has 3 rings (SSSR count). The summed E-state index contributed by atoms with van der Waals surface area (Å²) in [5.74, 6) is 0.526. The molecule has 154 valence electrons. The lowest BCUT2D eigenvalue weighted by Gasteiger charge is -2.36.